The molecule has 0 radical (unpaired) electrons. The minimum absolute atomic E-state index is 0.106. The lowest BCUT2D eigenvalue weighted by molar-refractivity contribution is -0.284. The van der Waals surface area contributed by atoms with Gasteiger partial charge in [0.05, 0.1) is 13.2 Å². The van der Waals surface area contributed by atoms with E-state index in [1.807, 2.05) is 26.0 Å². The van der Waals surface area contributed by atoms with Gasteiger partial charge in [-0.15, -0.1) is 0 Å². The number of hydrogen-bond acceptors (Lipinski definition) is 5. The van der Waals surface area contributed by atoms with Crippen LogP contribution in [0.5, 0.6) is 0 Å². The molecule has 0 amide bonds. The second-order valence-corrected chi connectivity index (χ2v) is 16.2. The first-order chi connectivity index (χ1) is 16.9. The molecule has 1 aliphatic heterocycles. The Kier molecular flexibility index (Phi) is 6.98. The number of nitrogen functional groups attached to an aromatic ring is 1. The summed E-state index contributed by atoms with van der Waals surface area (Å²) in [4.78, 5) is 16.5. The van der Waals surface area contributed by atoms with Gasteiger partial charge in [0.15, 0.2) is 17.4 Å². The molecule has 192 valence electrons. The molecule has 2 aromatic carbocycles. The van der Waals surface area contributed by atoms with E-state index in [0.717, 1.165) is 12.2 Å². The first kappa shape index (κ1) is 26.3. The quantitative estimate of drug-likeness (QED) is 0.512. The molecule has 0 bridgehead atoms. The van der Waals surface area contributed by atoms with Crippen molar-refractivity contribution in [2.75, 3.05) is 18.9 Å². The van der Waals surface area contributed by atoms with Crippen LogP contribution < -0.4 is 21.8 Å². The molecule has 2 heterocycles. The fourth-order valence-corrected chi connectivity index (χ4v) is 11.4. The standard InChI is InChI=1S/C28H36FN3O3Si/c1-26(2,3)36(21-12-8-6-9-13-21,22-14-10-7-11-15-22)20-28(18-34-27(4,5)35-19-28)17-32-16-23(29)24(30)31-25(32)33/h6-16H,17-20H2,1-5H3,(H2,30,31,33). The SMILES string of the molecule is CC1(C)OCC(Cn2cc(F)c(N)nc2=O)(C[Si](c2ccccc2)(c2ccccc2)C(C)(C)C)CO1. The van der Waals surface area contributed by atoms with Gasteiger partial charge in [-0.1, -0.05) is 91.8 Å². The summed E-state index contributed by atoms with van der Waals surface area (Å²) in [5.41, 5.74) is 4.37. The van der Waals surface area contributed by atoms with E-state index >= 15 is 0 Å². The number of benzene rings is 2. The topological polar surface area (TPSA) is 79.4 Å². The predicted octanol–water partition coefficient (Wildman–Crippen LogP) is 3.80. The number of halogens is 1. The second-order valence-electron chi connectivity index (χ2n) is 11.4. The van der Waals surface area contributed by atoms with Crippen LogP contribution in [0.4, 0.5) is 10.2 Å². The van der Waals surface area contributed by atoms with Crippen LogP contribution in [-0.4, -0.2) is 36.6 Å². The lowest BCUT2D eigenvalue weighted by Crippen LogP contribution is -2.68. The minimum Gasteiger partial charge on any atom is -0.381 e. The molecule has 0 saturated carbocycles. The molecule has 0 unspecified atom stereocenters. The Balaban J connectivity index is 1.92. The van der Waals surface area contributed by atoms with Gasteiger partial charge in [0, 0.05) is 18.2 Å². The van der Waals surface area contributed by atoms with Crippen molar-refractivity contribution in [2.45, 2.75) is 58.0 Å². The van der Waals surface area contributed by atoms with Crippen LogP contribution in [-0.2, 0) is 16.0 Å². The van der Waals surface area contributed by atoms with Gasteiger partial charge in [0.2, 0.25) is 0 Å². The van der Waals surface area contributed by atoms with Crippen molar-refractivity contribution in [3.8, 4) is 0 Å². The number of anilines is 1. The summed E-state index contributed by atoms with van der Waals surface area (Å²) in [5.74, 6) is -1.85. The Bertz CT molecular complexity index is 1210. The van der Waals surface area contributed by atoms with Crippen molar-refractivity contribution in [1.29, 1.82) is 0 Å². The summed E-state index contributed by atoms with van der Waals surface area (Å²) in [6.45, 7) is 11.6. The summed E-state index contributed by atoms with van der Waals surface area (Å²) < 4.78 is 28.2. The highest BCUT2D eigenvalue weighted by molar-refractivity contribution is 7.04. The highest BCUT2D eigenvalue weighted by Crippen LogP contribution is 2.46. The molecule has 1 aromatic heterocycles. The van der Waals surface area contributed by atoms with Crippen molar-refractivity contribution in [2.24, 2.45) is 5.41 Å². The zero-order valence-corrected chi connectivity index (χ0v) is 22.8. The van der Waals surface area contributed by atoms with E-state index in [1.54, 1.807) is 0 Å². The van der Waals surface area contributed by atoms with E-state index in [9.17, 15) is 9.18 Å². The van der Waals surface area contributed by atoms with E-state index in [2.05, 4.69) is 74.3 Å². The fourth-order valence-electron chi connectivity index (χ4n) is 5.45. The molecule has 8 heteroatoms. The van der Waals surface area contributed by atoms with Gasteiger partial charge in [0.1, 0.15) is 8.07 Å². The third kappa shape index (κ3) is 5.03. The molecule has 0 aliphatic carbocycles. The van der Waals surface area contributed by atoms with Gasteiger partial charge in [-0.2, -0.15) is 4.98 Å². The number of nitrogens with zero attached hydrogens (tertiary/aromatic N) is 2. The maximum Gasteiger partial charge on any atom is 0.349 e. The van der Waals surface area contributed by atoms with Crippen molar-refractivity contribution >= 4 is 24.3 Å². The zero-order chi connectivity index (χ0) is 26.2. The predicted molar refractivity (Wildman–Crippen MR) is 144 cm³/mol. The molecule has 6 nitrogen and oxygen atoms in total. The largest absolute Gasteiger partial charge is 0.381 e. The van der Waals surface area contributed by atoms with E-state index < -0.39 is 36.6 Å². The zero-order valence-electron chi connectivity index (χ0n) is 21.8. The third-order valence-electron chi connectivity index (χ3n) is 7.39. The Morgan fingerprint density at radius 1 is 1.00 bits per heavy atom. The molecular weight excluding hydrogens is 473 g/mol. The van der Waals surface area contributed by atoms with Crippen LogP contribution in [0.2, 0.25) is 11.1 Å². The van der Waals surface area contributed by atoms with Gasteiger partial charge in [-0.05, 0) is 24.9 Å². The van der Waals surface area contributed by atoms with E-state index in [-0.39, 0.29) is 11.6 Å². The number of hydrogen-bond donors (Lipinski definition) is 1. The summed E-state index contributed by atoms with van der Waals surface area (Å²) in [7, 11) is -2.57. The molecule has 3 aromatic rings. The molecule has 0 spiro atoms. The molecule has 4 rings (SSSR count). The van der Waals surface area contributed by atoms with Gasteiger partial charge in [-0.3, -0.25) is 4.57 Å². The first-order valence-electron chi connectivity index (χ1n) is 12.3. The van der Waals surface area contributed by atoms with Crippen LogP contribution >= 0.6 is 0 Å². The smallest absolute Gasteiger partial charge is 0.349 e. The Hall–Kier alpha value is -2.81. The van der Waals surface area contributed by atoms with Gasteiger partial charge >= 0.3 is 5.69 Å². The van der Waals surface area contributed by atoms with Crippen LogP contribution in [0.15, 0.2) is 71.7 Å². The average molecular weight is 510 g/mol. The summed E-state index contributed by atoms with van der Waals surface area (Å²) in [6, 6.07) is 22.0. The lowest BCUT2D eigenvalue weighted by atomic mass is 9.90. The Morgan fingerprint density at radius 3 is 1.97 bits per heavy atom. The minimum atomic E-state index is -2.57. The van der Waals surface area contributed by atoms with Gasteiger partial charge < -0.3 is 15.2 Å². The summed E-state index contributed by atoms with van der Waals surface area (Å²) >= 11 is 0. The van der Waals surface area contributed by atoms with Gasteiger partial charge in [-0.25, -0.2) is 9.18 Å². The fraction of sp³-hybridized carbons (Fsp3) is 0.429. The third-order valence-corrected chi connectivity index (χ3v) is 13.9. The van der Waals surface area contributed by atoms with Crippen LogP contribution in [0, 0.1) is 11.2 Å². The number of rotatable bonds is 6. The van der Waals surface area contributed by atoms with E-state index in [0.29, 0.717) is 13.2 Å². The normalized spacial score (nSPS) is 17.6. The van der Waals surface area contributed by atoms with Crippen LogP contribution in [0.25, 0.3) is 0 Å². The highest BCUT2D eigenvalue weighted by atomic mass is 28.3. The van der Waals surface area contributed by atoms with E-state index in [4.69, 9.17) is 15.2 Å². The highest BCUT2D eigenvalue weighted by Gasteiger charge is 2.54. The number of ether oxygens (including phenoxy) is 2. The van der Waals surface area contributed by atoms with Crippen molar-refractivity contribution in [3.63, 3.8) is 0 Å². The molecule has 0 atom stereocenters. The van der Waals surface area contributed by atoms with E-state index in [1.165, 1.54) is 14.9 Å². The first-order valence-corrected chi connectivity index (χ1v) is 14.5. The molecule has 36 heavy (non-hydrogen) atoms. The Labute approximate surface area is 213 Å². The van der Waals surface area contributed by atoms with Gasteiger partial charge in [0.25, 0.3) is 0 Å². The molecule has 1 fully saturated rings. The average Bonchev–Trinajstić information content (AvgIpc) is 2.83. The maximum atomic E-state index is 14.4. The summed E-state index contributed by atoms with van der Waals surface area (Å²) in [5, 5.41) is 2.48. The maximum absolute atomic E-state index is 14.4. The second kappa shape index (κ2) is 9.57. The van der Waals surface area contributed by atoms with Crippen molar-refractivity contribution in [1.82, 2.24) is 9.55 Å². The van der Waals surface area contributed by atoms with Crippen molar-refractivity contribution in [3.05, 3.63) is 83.2 Å². The van der Waals surface area contributed by atoms with Crippen LogP contribution in [0.3, 0.4) is 0 Å². The number of aromatic nitrogens is 2. The molecule has 2 N–H and O–H groups in total. The molecule has 1 saturated heterocycles. The Morgan fingerprint density at radius 2 is 1.50 bits per heavy atom. The molecule has 1 aliphatic rings. The molecular formula is C28H36FN3O3Si. The summed E-state index contributed by atoms with van der Waals surface area (Å²) in [6.07, 6.45) is 1.15. The monoisotopic (exact) mass is 509 g/mol. The van der Waals surface area contributed by atoms with Crippen molar-refractivity contribution < 1.29 is 13.9 Å². The van der Waals surface area contributed by atoms with Crippen LogP contribution in [0.1, 0.15) is 34.6 Å². The number of nitrogens with two attached hydrogens (primary N) is 1. The lowest BCUT2D eigenvalue weighted by Gasteiger charge is -2.52.